The van der Waals surface area contributed by atoms with E-state index in [1.165, 1.54) is 6.42 Å². The van der Waals surface area contributed by atoms with E-state index in [-0.39, 0.29) is 12.1 Å². The summed E-state index contributed by atoms with van der Waals surface area (Å²) in [6, 6.07) is 7.75. The predicted octanol–water partition coefficient (Wildman–Crippen LogP) is 3.79. The minimum atomic E-state index is -0.468. The molecule has 1 aromatic carbocycles. The minimum Gasteiger partial charge on any atom is -0.460 e. The maximum atomic E-state index is 13.0. The molecule has 0 amide bonds. The van der Waals surface area contributed by atoms with Gasteiger partial charge in [-0.05, 0) is 44.0 Å². The lowest BCUT2D eigenvalue weighted by Gasteiger charge is -2.36. The van der Waals surface area contributed by atoms with Gasteiger partial charge in [-0.25, -0.2) is 0 Å². The van der Waals surface area contributed by atoms with Crippen LogP contribution in [0.5, 0.6) is 0 Å². The van der Waals surface area contributed by atoms with Gasteiger partial charge in [-0.1, -0.05) is 43.0 Å². The molecular weight excluding hydrogens is 298 g/mol. The van der Waals surface area contributed by atoms with Crippen molar-refractivity contribution in [3.63, 3.8) is 0 Å². The molecule has 1 heterocycles. The van der Waals surface area contributed by atoms with Crippen molar-refractivity contribution < 1.29 is 9.53 Å². The van der Waals surface area contributed by atoms with Crippen LogP contribution in [0.1, 0.15) is 44.1 Å². The van der Waals surface area contributed by atoms with Crippen LogP contribution in [0.2, 0.25) is 5.02 Å². The highest BCUT2D eigenvalue weighted by Gasteiger charge is 2.43. The van der Waals surface area contributed by atoms with Gasteiger partial charge in [0, 0.05) is 18.1 Å². The molecular formula is C18H24ClNO2. The van der Waals surface area contributed by atoms with Gasteiger partial charge in [0.2, 0.25) is 0 Å². The number of halogens is 1. The summed E-state index contributed by atoms with van der Waals surface area (Å²) in [5.74, 6) is -0.0326. The number of carbonyl (C=O) groups excluding carboxylic acids is 1. The quantitative estimate of drug-likeness (QED) is 0.793. The Bertz CT molecular complexity index is 522. The number of benzene rings is 1. The number of carbonyl (C=O) groups is 1. The molecule has 1 aromatic rings. The smallest absolute Gasteiger partial charge is 0.316 e. The maximum absolute atomic E-state index is 13.0. The number of ether oxygens (including phenoxy) is 1. The van der Waals surface area contributed by atoms with Gasteiger partial charge >= 0.3 is 5.97 Å². The molecule has 22 heavy (non-hydrogen) atoms. The van der Waals surface area contributed by atoms with Gasteiger partial charge in [0.1, 0.15) is 6.10 Å². The largest absolute Gasteiger partial charge is 0.460 e. The normalized spacial score (nSPS) is 25.1. The highest BCUT2D eigenvalue weighted by Crippen LogP contribution is 2.41. The number of hydrogen-bond donors (Lipinski definition) is 0. The fraction of sp³-hybridized carbons (Fsp3) is 0.611. The summed E-state index contributed by atoms with van der Waals surface area (Å²) in [6.07, 6.45) is 6.13. The molecule has 0 unspecified atom stereocenters. The minimum absolute atomic E-state index is 0.0326. The number of likely N-dealkylation sites (tertiary alicyclic amines) is 1. The Morgan fingerprint density at radius 3 is 2.50 bits per heavy atom. The third-order valence-electron chi connectivity index (χ3n) is 5.12. The third kappa shape index (κ3) is 3.16. The third-order valence-corrected chi connectivity index (χ3v) is 5.37. The summed E-state index contributed by atoms with van der Waals surface area (Å²) < 4.78 is 5.90. The molecule has 1 atom stereocenters. The number of rotatable bonds is 3. The first-order chi connectivity index (χ1) is 10.6. The second-order valence-electron chi connectivity index (χ2n) is 6.73. The van der Waals surface area contributed by atoms with E-state index in [0.29, 0.717) is 5.02 Å². The fourth-order valence-electron chi connectivity index (χ4n) is 3.79. The highest BCUT2D eigenvalue weighted by molar-refractivity contribution is 6.30. The molecule has 0 bridgehead atoms. The van der Waals surface area contributed by atoms with E-state index in [2.05, 4.69) is 11.9 Å². The van der Waals surface area contributed by atoms with Crippen LogP contribution in [-0.4, -0.2) is 37.1 Å². The molecule has 1 aliphatic heterocycles. The maximum Gasteiger partial charge on any atom is 0.316 e. The molecule has 0 spiro atoms. The standard InChI is InChI=1S/C18H24ClNO2/c1-20-12-9-16(13-20)22-17(21)18(10-3-2-4-11-18)14-5-7-15(19)8-6-14/h5-8,16H,2-4,9-13H2,1H3/t16-/m1/s1. The van der Waals surface area contributed by atoms with Gasteiger partial charge in [-0.2, -0.15) is 0 Å². The molecule has 3 nitrogen and oxygen atoms in total. The van der Waals surface area contributed by atoms with Crippen molar-refractivity contribution in [2.75, 3.05) is 20.1 Å². The lowest BCUT2D eigenvalue weighted by molar-refractivity contribution is -0.157. The molecule has 1 saturated heterocycles. The summed E-state index contributed by atoms with van der Waals surface area (Å²) in [4.78, 5) is 15.2. The second kappa shape index (κ2) is 6.59. The van der Waals surface area contributed by atoms with Gasteiger partial charge in [-0.3, -0.25) is 4.79 Å². The summed E-state index contributed by atoms with van der Waals surface area (Å²) >= 11 is 6.01. The molecule has 0 radical (unpaired) electrons. The van der Waals surface area contributed by atoms with E-state index in [1.807, 2.05) is 24.3 Å². The molecule has 2 fully saturated rings. The van der Waals surface area contributed by atoms with Crippen molar-refractivity contribution in [3.05, 3.63) is 34.9 Å². The summed E-state index contributed by atoms with van der Waals surface area (Å²) in [5.41, 5.74) is 0.595. The fourth-order valence-corrected chi connectivity index (χ4v) is 3.92. The summed E-state index contributed by atoms with van der Waals surface area (Å²) in [5, 5.41) is 0.709. The number of hydrogen-bond acceptors (Lipinski definition) is 3. The topological polar surface area (TPSA) is 29.5 Å². The SMILES string of the molecule is CN1CC[C@@H](OC(=O)C2(c3ccc(Cl)cc3)CCCCC2)C1. The molecule has 4 heteroatoms. The number of likely N-dealkylation sites (N-methyl/N-ethyl adjacent to an activating group) is 1. The molecule has 0 aromatic heterocycles. The molecule has 0 N–H and O–H groups in total. The van der Waals surface area contributed by atoms with Crippen molar-refractivity contribution in [1.29, 1.82) is 0 Å². The Morgan fingerprint density at radius 2 is 1.91 bits per heavy atom. The van der Waals surface area contributed by atoms with Crippen LogP contribution in [0, 0.1) is 0 Å². The van der Waals surface area contributed by atoms with Crippen LogP contribution >= 0.6 is 11.6 Å². The van der Waals surface area contributed by atoms with Gasteiger partial charge in [0.15, 0.2) is 0 Å². The lowest BCUT2D eigenvalue weighted by atomic mass is 9.69. The van der Waals surface area contributed by atoms with Crippen LogP contribution in [0.25, 0.3) is 0 Å². The van der Waals surface area contributed by atoms with Gasteiger partial charge in [-0.15, -0.1) is 0 Å². The Hall–Kier alpha value is -1.06. The number of esters is 1. The Labute approximate surface area is 137 Å². The zero-order chi connectivity index (χ0) is 15.6. The van der Waals surface area contributed by atoms with Crippen molar-refractivity contribution in [2.45, 2.75) is 50.0 Å². The molecule has 3 rings (SSSR count). The average molecular weight is 322 g/mol. The van der Waals surface area contributed by atoms with E-state index in [0.717, 1.165) is 50.8 Å². The Kier molecular flexibility index (Phi) is 4.74. The lowest BCUT2D eigenvalue weighted by Crippen LogP contribution is -2.41. The van der Waals surface area contributed by atoms with E-state index < -0.39 is 5.41 Å². The van der Waals surface area contributed by atoms with Crippen molar-refractivity contribution in [3.8, 4) is 0 Å². The van der Waals surface area contributed by atoms with E-state index in [4.69, 9.17) is 16.3 Å². The van der Waals surface area contributed by atoms with E-state index >= 15 is 0 Å². The van der Waals surface area contributed by atoms with Gasteiger partial charge in [0.25, 0.3) is 0 Å². The zero-order valence-corrected chi connectivity index (χ0v) is 13.9. The predicted molar refractivity (Wildman–Crippen MR) is 88.2 cm³/mol. The first-order valence-corrected chi connectivity index (χ1v) is 8.64. The van der Waals surface area contributed by atoms with E-state index in [1.54, 1.807) is 0 Å². The molecule has 2 aliphatic rings. The molecule has 1 saturated carbocycles. The first-order valence-electron chi connectivity index (χ1n) is 8.26. The van der Waals surface area contributed by atoms with Crippen LogP contribution in [-0.2, 0) is 14.9 Å². The van der Waals surface area contributed by atoms with E-state index in [9.17, 15) is 4.79 Å². The van der Waals surface area contributed by atoms with Crippen LogP contribution < -0.4 is 0 Å². The average Bonchev–Trinajstić information content (AvgIpc) is 2.93. The van der Waals surface area contributed by atoms with Crippen LogP contribution in [0.4, 0.5) is 0 Å². The Morgan fingerprint density at radius 1 is 1.23 bits per heavy atom. The van der Waals surface area contributed by atoms with Crippen LogP contribution in [0.3, 0.4) is 0 Å². The second-order valence-corrected chi connectivity index (χ2v) is 7.16. The zero-order valence-electron chi connectivity index (χ0n) is 13.2. The van der Waals surface area contributed by atoms with Crippen molar-refractivity contribution in [1.82, 2.24) is 4.90 Å². The number of nitrogens with zero attached hydrogens (tertiary/aromatic N) is 1. The summed E-state index contributed by atoms with van der Waals surface area (Å²) in [7, 11) is 2.07. The molecule has 1 aliphatic carbocycles. The monoisotopic (exact) mass is 321 g/mol. The Balaban J connectivity index is 1.82. The van der Waals surface area contributed by atoms with Crippen LogP contribution in [0.15, 0.2) is 24.3 Å². The van der Waals surface area contributed by atoms with Crippen molar-refractivity contribution in [2.24, 2.45) is 0 Å². The van der Waals surface area contributed by atoms with Gasteiger partial charge in [0.05, 0.1) is 5.41 Å². The summed E-state index contributed by atoms with van der Waals surface area (Å²) in [6.45, 7) is 1.86. The molecule has 120 valence electrons. The first kappa shape index (κ1) is 15.8. The van der Waals surface area contributed by atoms with Crippen molar-refractivity contribution >= 4 is 17.6 Å². The van der Waals surface area contributed by atoms with Gasteiger partial charge < -0.3 is 9.64 Å². The highest BCUT2D eigenvalue weighted by atomic mass is 35.5.